The first-order valence-electron chi connectivity index (χ1n) is 8.05. The number of benzene rings is 3. The molecule has 0 saturated heterocycles. The molecule has 0 aromatic heterocycles. The molecule has 0 atom stereocenters. The van der Waals surface area contributed by atoms with Crippen LogP contribution in [0.3, 0.4) is 0 Å². The lowest BCUT2D eigenvalue weighted by atomic mass is 10.1. The van der Waals surface area contributed by atoms with E-state index < -0.39 is 11.9 Å². The highest BCUT2D eigenvalue weighted by Crippen LogP contribution is 2.23. The fourth-order valence-corrected chi connectivity index (χ4v) is 2.72. The van der Waals surface area contributed by atoms with Gasteiger partial charge in [0.2, 0.25) is 0 Å². The summed E-state index contributed by atoms with van der Waals surface area (Å²) in [5.41, 5.74) is 3.44. The Hall–Kier alpha value is -3.44. The minimum absolute atomic E-state index is 0.134. The van der Waals surface area contributed by atoms with Gasteiger partial charge in [-0.15, -0.1) is 0 Å². The zero-order chi connectivity index (χ0) is 17.9. The zero-order valence-electron chi connectivity index (χ0n) is 13.7. The molecule has 0 radical (unpaired) electrons. The summed E-state index contributed by atoms with van der Waals surface area (Å²) in [6.45, 7) is 0.134. The third-order valence-corrected chi connectivity index (χ3v) is 4.05. The number of fused-ring (bicyclic) bond motifs is 1. The van der Waals surface area contributed by atoms with Crippen LogP contribution >= 0.6 is 0 Å². The summed E-state index contributed by atoms with van der Waals surface area (Å²) in [6.07, 6.45) is 0. The maximum atomic E-state index is 11.6. The predicted octanol–water partition coefficient (Wildman–Crippen LogP) is 4.17. The molecule has 5 heteroatoms. The molecule has 3 aromatic rings. The Bertz CT molecular complexity index is 961. The number of carbonyl (C=O) groups excluding carboxylic acids is 2. The van der Waals surface area contributed by atoms with Crippen LogP contribution in [0.1, 0.15) is 26.3 Å². The first-order chi connectivity index (χ1) is 12.7. The first-order valence-corrected chi connectivity index (χ1v) is 8.05. The highest BCUT2D eigenvalue weighted by molar-refractivity contribution is 6.14. The van der Waals surface area contributed by atoms with Gasteiger partial charge in [-0.3, -0.25) is 0 Å². The Balaban J connectivity index is 1.37. The summed E-state index contributed by atoms with van der Waals surface area (Å²) in [6, 6.07) is 22.4. The molecule has 0 saturated carbocycles. The van der Waals surface area contributed by atoms with Crippen LogP contribution in [-0.2, 0) is 16.2 Å². The molecule has 1 aliphatic rings. The fraction of sp³-hybridized carbons (Fsp3) is 0.0476. The van der Waals surface area contributed by atoms with E-state index in [0.717, 1.165) is 11.1 Å². The summed E-state index contributed by atoms with van der Waals surface area (Å²) < 4.78 is 4.56. The molecule has 26 heavy (non-hydrogen) atoms. The third kappa shape index (κ3) is 3.20. The van der Waals surface area contributed by atoms with Crippen molar-refractivity contribution in [2.45, 2.75) is 6.61 Å². The standard InChI is InChI=1S/C21H14O5/c22-20-18-11-6-14(12-19(18)21(23)25-20)13-24-26-17-9-7-16(8-10-17)15-4-2-1-3-5-15/h1-12H,13H2. The summed E-state index contributed by atoms with van der Waals surface area (Å²) >= 11 is 0. The molecule has 0 bridgehead atoms. The van der Waals surface area contributed by atoms with Gasteiger partial charge in [0.25, 0.3) is 0 Å². The summed E-state index contributed by atoms with van der Waals surface area (Å²) in [5.74, 6) is -0.683. The summed E-state index contributed by atoms with van der Waals surface area (Å²) in [5, 5.41) is 0. The van der Waals surface area contributed by atoms with Crippen molar-refractivity contribution in [2.75, 3.05) is 0 Å². The van der Waals surface area contributed by atoms with Crippen LogP contribution < -0.4 is 4.89 Å². The number of cyclic esters (lactones) is 2. The monoisotopic (exact) mass is 346 g/mol. The van der Waals surface area contributed by atoms with Crippen molar-refractivity contribution in [1.29, 1.82) is 0 Å². The highest BCUT2D eigenvalue weighted by Gasteiger charge is 2.29. The molecule has 3 aromatic carbocycles. The molecule has 0 N–H and O–H groups in total. The van der Waals surface area contributed by atoms with Crippen molar-refractivity contribution < 1.29 is 24.1 Å². The maximum Gasteiger partial charge on any atom is 0.346 e. The van der Waals surface area contributed by atoms with E-state index in [-0.39, 0.29) is 17.7 Å². The van der Waals surface area contributed by atoms with Crippen LogP contribution in [0.2, 0.25) is 0 Å². The van der Waals surface area contributed by atoms with Gasteiger partial charge >= 0.3 is 11.9 Å². The molecule has 1 aliphatic heterocycles. The molecular formula is C21H14O5. The molecule has 0 spiro atoms. The smallest absolute Gasteiger partial charge is 0.346 e. The first kappa shape index (κ1) is 16.1. The Kier molecular flexibility index (Phi) is 4.21. The van der Waals surface area contributed by atoms with Crippen LogP contribution in [0.25, 0.3) is 11.1 Å². The number of carbonyl (C=O) groups is 2. The number of esters is 2. The molecular weight excluding hydrogens is 332 g/mol. The van der Waals surface area contributed by atoms with Crippen LogP contribution in [0.5, 0.6) is 5.75 Å². The van der Waals surface area contributed by atoms with Gasteiger partial charge in [-0.2, -0.15) is 4.89 Å². The SMILES string of the molecule is O=C1OC(=O)c2cc(COOc3ccc(-c4ccccc4)cc3)ccc21. The molecule has 128 valence electrons. The average molecular weight is 346 g/mol. The van der Waals surface area contributed by atoms with Crippen molar-refractivity contribution in [3.63, 3.8) is 0 Å². The van der Waals surface area contributed by atoms with Crippen molar-refractivity contribution in [1.82, 2.24) is 0 Å². The largest absolute Gasteiger partial charge is 0.386 e. The van der Waals surface area contributed by atoms with E-state index in [0.29, 0.717) is 11.3 Å². The predicted molar refractivity (Wildman–Crippen MR) is 93.5 cm³/mol. The van der Waals surface area contributed by atoms with E-state index >= 15 is 0 Å². The third-order valence-electron chi connectivity index (χ3n) is 4.05. The van der Waals surface area contributed by atoms with Gasteiger partial charge in [0.1, 0.15) is 6.61 Å². The molecule has 0 fully saturated rings. The van der Waals surface area contributed by atoms with E-state index in [9.17, 15) is 9.59 Å². The van der Waals surface area contributed by atoms with Gasteiger partial charge in [0.05, 0.1) is 11.1 Å². The Morgan fingerprint density at radius 3 is 2.19 bits per heavy atom. The molecule has 0 unspecified atom stereocenters. The van der Waals surface area contributed by atoms with Crippen molar-refractivity contribution in [2.24, 2.45) is 0 Å². The second kappa shape index (κ2) is 6.82. The number of ether oxygens (including phenoxy) is 1. The number of hydrogen-bond acceptors (Lipinski definition) is 5. The van der Waals surface area contributed by atoms with E-state index in [2.05, 4.69) is 4.74 Å². The minimum Gasteiger partial charge on any atom is -0.386 e. The van der Waals surface area contributed by atoms with E-state index in [1.807, 2.05) is 54.6 Å². The van der Waals surface area contributed by atoms with Crippen LogP contribution in [0, 0.1) is 0 Å². The van der Waals surface area contributed by atoms with Crippen molar-refractivity contribution in [3.05, 3.63) is 89.5 Å². The lowest BCUT2D eigenvalue weighted by Gasteiger charge is -2.07. The van der Waals surface area contributed by atoms with E-state index in [4.69, 9.17) is 9.78 Å². The summed E-state index contributed by atoms with van der Waals surface area (Å²) in [4.78, 5) is 33.5. The van der Waals surface area contributed by atoms with Crippen molar-refractivity contribution >= 4 is 11.9 Å². The Morgan fingerprint density at radius 2 is 1.42 bits per heavy atom. The lowest BCUT2D eigenvalue weighted by Crippen LogP contribution is -2.00. The van der Waals surface area contributed by atoms with Gasteiger partial charge in [0.15, 0.2) is 5.75 Å². The van der Waals surface area contributed by atoms with Gasteiger partial charge in [-0.05, 0) is 41.0 Å². The Morgan fingerprint density at radius 1 is 0.731 bits per heavy atom. The topological polar surface area (TPSA) is 61.8 Å². The summed E-state index contributed by atoms with van der Waals surface area (Å²) in [7, 11) is 0. The van der Waals surface area contributed by atoms with Crippen LogP contribution in [-0.4, -0.2) is 11.9 Å². The minimum atomic E-state index is -0.635. The lowest BCUT2D eigenvalue weighted by molar-refractivity contribution is -0.217. The molecule has 1 heterocycles. The highest BCUT2D eigenvalue weighted by atomic mass is 17.2. The van der Waals surface area contributed by atoms with Gasteiger partial charge in [-0.25, -0.2) is 9.59 Å². The van der Waals surface area contributed by atoms with E-state index in [1.54, 1.807) is 18.2 Å². The Labute approximate surface area is 149 Å². The van der Waals surface area contributed by atoms with E-state index in [1.165, 1.54) is 0 Å². The number of hydrogen-bond donors (Lipinski definition) is 0. The van der Waals surface area contributed by atoms with Gasteiger partial charge in [0, 0.05) is 0 Å². The zero-order valence-corrected chi connectivity index (χ0v) is 13.7. The molecule has 0 amide bonds. The molecule has 5 nitrogen and oxygen atoms in total. The second-order valence-electron chi connectivity index (χ2n) is 5.79. The quantitative estimate of drug-likeness (QED) is 0.300. The molecule has 4 rings (SSSR count). The fourth-order valence-electron chi connectivity index (χ4n) is 2.72. The second-order valence-corrected chi connectivity index (χ2v) is 5.79. The van der Waals surface area contributed by atoms with Gasteiger partial charge in [-0.1, -0.05) is 48.5 Å². The van der Waals surface area contributed by atoms with Crippen molar-refractivity contribution in [3.8, 4) is 16.9 Å². The average Bonchev–Trinajstić information content (AvgIpc) is 2.97. The van der Waals surface area contributed by atoms with Gasteiger partial charge < -0.3 is 9.62 Å². The normalized spacial score (nSPS) is 12.6. The molecule has 0 aliphatic carbocycles. The number of rotatable bonds is 5. The van der Waals surface area contributed by atoms with Crippen LogP contribution in [0.4, 0.5) is 0 Å². The van der Waals surface area contributed by atoms with Crippen LogP contribution in [0.15, 0.2) is 72.8 Å². The maximum absolute atomic E-state index is 11.6.